The van der Waals surface area contributed by atoms with Crippen molar-refractivity contribution in [1.82, 2.24) is 10.0 Å². The Hall–Kier alpha value is -2.11. The molecular weight excluding hydrogens is 345 g/mol. The van der Waals surface area contributed by atoms with Crippen molar-refractivity contribution < 1.29 is 32.2 Å². The quantitative estimate of drug-likeness (QED) is 0.635. The van der Waals surface area contributed by atoms with Gasteiger partial charge in [-0.15, -0.1) is 0 Å². The maximum atomic E-state index is 14.6. The number of rotatable bonds is 4. The number of nitrogens with one attached hydrogen (secondary N) is 2. The summed E-state index contributed by atoms with van der Waals surface area (Å²) in [6.07, 6.45) is 0. The molecule has 0 aromatic heterocycles. The fourth-order valence-corrected chi connectivity index (χ4v) is 3.61. The summed E-state index contributed by atoms with van der Waals surface area (Å²) < 4.78 is 51.1. The minimum atomic E-state index is -4.24. The van der Waals surface area contributed by atoms with Crippen LogP contribution in [-0.2, 0) is 19.7 Å². The van der Waals surface area contributed by atoms with Crippen molar-refractivity contribution >= 4 is 21.8 Å². The number of benzene rings is 1. The molecule has 11 heteroatoms. The highest BCUT2D eigenvalue weighted by atomic mass is 32.2. The molecule has 132 valence electrons. The van der Waals surface area contributed by atoms with Crippen LogP contribution in [0.3, 0.4) is 0 Å². The summed E-state index contributed by atoms with van der Waals surface area (Å²) >= 11 is 0. The Balaban J connectivity index is 1.84. The van der Waals surface area contributed by atoms with E-state index < -0.39 is 39.9 Å². The predicted molar refractivity (Wildman–Crippen MR) is 80.6 cm³/mol. The van der Waals surface area contributed by atoms with E-state index in [2.05, 4.69) is 5.32 Å². The SMILES string of the molecule is O=C1CN(c2c(O)ccc(OCC3COCCN3)c2F)S(=O)(=O)N1. The summed E-state index contributed by atoms with van der Waals surface area (Å²) in [5, 5.41) is 13.0. The number of halogens is 1. The van der Waals surface area contributed by atoms with Gasteiger partial charge in [-0.2, -0.15) is 8.42 Å². The lowest BCUT2D eigenvalue weighted by Crippen LogP contribution is -2.44. The molecule has 9 nitrogen and oxygen atoms in total. The summed E-state index contributed by atoms with van der Waals surface area (Å²) in [5.74, 6) is -2.72. The van der Waals surface area contributed by atoms with Crippen LogP contribution in [0.1, 0.15) is 0 Å². The lowest BCUT2D eigenvalue weighted by atomic mass is 10.2. The van der Waals surface area contributed by atoms with E-state index in [1.54, 1.807) is 4.72 Å². The van der Waals surface area contributed by atoms with E-state index in [9.17, 15) is 22.7 Å². The summed E-state index contributed by atoms with van der Waals surface area (Å²) in [6.45, 7) is 1.13. The Morgan fingerprint density at radius 2 is 2.25 bits per heavy atom. The van der Waals surface area contributed by atoms with Crippen LogP contribution in [0.4, 0.5) is 10.1 Å². The van der Waals surface area contributed by atoms with Crippen LogP contribution in [0.2, 0.25) is 0 Å². The molecule has 2 heterocycles. The van der Waals surface area contributed by atoms with Crippen LogP contribution in [0.15, 0.2) is 12.1 Å². The number of hydrogen-bond donors (Lipinski definition) is 3. The van der Waals surface area contributed by atoms with Gasteiger partial charge < -0.3 is 19.9 Å². The van der Waals surface area contributed by atoms with Crippen LogP contribution in [0.5, 0.6) is 11.5 Å². The molecule has 1 amide bonds. The summed E-state index contributed by atoms with van der Waals surface area (Å²) in [7, 11) is -4.24. The lowest BCUT2D eigenvalue weighted by molar-refractivity contribution is -0.117. The minimum Gasteiger partial charge on any atom is -0.506 e. The highest BCUT2D eigenvalue weighted by Crippen LogP contribution is 2.38. The Morgan fingerprint density at radius 3 is 2.88 bits per heavy atom. The first-order chi connectivity index (χ1) is 11.4. The van der Waals surface area contributed by atoms with E-state index in [-0.39, 0.29) is 18.4 Å². The molecule has 2 saturated heterocycles. The highest BCUT2D eigenvalue weighted by molar-refractivity contribution is 7.92. The van der Waals surface area contributed by atoms with Gasteiger partial charge in [0.25, 0.3) is 5.91 Å². The normalized spacial score (nSPS) is 23.1. The van der Waals surface area contributed by atoms with Crippen molar-refractivity contribution in [1.29, 1.82) is 0 Å². The molecule has 0 saturated carbocycles. The number of phenols is 1. The number of anilines is 1. The fourth-order valence-electron chi connectivity index (χ4n) is 2.45. The largest absolute Gasteiger partial charge is 0.506 e. The van der Waals surface area contributed by atoms with Gasteiger partial charge in [0.1, 0.15) is 24.6 Å². The zero-order valence-corrected chi connectivity index (χ0v) is 13.3. The summed E-state index contributed by atoms with van der Waals surface area (Å²) in [6, 6.07) is 2.17. The molecule has 2 fully saturated rings. The summed E-state index contributed by atoms with van der Waals surface area (Å²) in [4.78, 5) is 11.3. The van der Waals surface area contributed by atoms with Crippen molar-refractivity contribution in [2.24, 2.45) is 0 Å². The first-order valence-electron chi connectivity index (χ1n) is 7.17. The van der Waals surface area contributed by atoms with Crippen LogP contribution in [0, 0.1) is 5.82 Å². The monoisotopic (exact) mass is 361 g/mol. The lowest BCUT2D eigenvalue weighted by Gasteiger charge is -2.24. The molecule has 0 bridgehead atoms. The Kier molecular flexibility index (Phi) is 4.47. The second-order valence-electron chi connectivity index (χ2n) is 5.32. The average Bonchev–Trinajstić information content (AvgIpc) is 2.80. The third-order valence-corrected chi connectivity index (χ3v) is 4.95. The molecule has 0 spiro atoms. The molecule has 2 aliphatic rings. The second kappa shape index (κ2) is 6.42. The van der Waals surface area contributed by atoms with Crippen LogP contribution in [0.25, 0.3) is 0 Å². The Labute approximate surface area is 137 Å². The predicted octanol–water partition coefficient (Wildman–Crippen LogP) is -0.920. The molecule has 1 aromatic carbocycles. The number of aromatic hydroxyl groups is 1. The third-order valence-electron chi connectivity index (χ3n) is 3.57. The van der Waals surface area contributed by atoms with Gasteiger partial charge in [0, 0.05) is 6.54 Å². The summed E-state index contributed by atoms with van der Waals surface area (Å²) in [5.41, 5.74) is -0.626. The van der Waals surface area contributed by atoms with Crippen molar-refractivity contribution in [3.05, 3.63) is 17.9 Å². The van der Waals surface area contributed by atoms with Gasteiger partial charge in [-0.25, -0.2) is 13.4 Å². The van der Waals surface area contributed by atoms with Gasteiger partial charge in [-0.1, -0.05) is 0 Å². The van der Waals surface area contributed by atoms with Crippen LogP contribution >= 0.6 is 0 Å². The molecule has 0 aliphatic carbocycles. The maximum absolute atomic E-state index is 14.6. The molecule has 1 aromatic rings. The zero-order chi connectivity index (χ0) is 17.3. The third kappa shape index (κ3) is 3.23. The Bertz CT molecular complexity index is 750. The Morgan fingerprint density at radius 1 is 1.46 bits per heavy atom. The number of hydrogen-bond acceptors (Lipinski definition) is 7. The van der Waals surface area contributed by atoms with Gasteiger partial charge in [-0.3, -0.25) is 4.79 Å². The van der Waals surface area contributed by atoms with E-state index in [1.807, 2.05) is 0 Å². The molecule has 2 aliphatic heterocycles. The van der Waals surface area contributed by atoms with E-state index in [4.69, 9.17) is 9.47 Å². The zero-order valence-electron chi connectivity index (χ0n) is 12.5. The smallest absolute Gasteiger partial charge is 0.326 e. The standard InChI is InChI=1S/C13H16FN3O6S/c14-12-10(23-7-8-6-22-4-3-15-8)2-1-9(18)13(12)17-5-11(19)16-24(17,20)21/h1-2,8,15,18H,3-7H2,(H,16,19). The van der Waals surface area contributed by atoms with Crippen LogP contribution < -0.4 is 19.1 Å². The van der Waals surface area contributed by atoms with Gasteiger partial charge in [0.2, 0.25) is 0 Å². The minimum absolute atomic E-state index is 0.102. The first-order valence-corrected chi connectivity index (χ1v) is 8.61. The van der Waals surface area contributed by atoms with Gasteiger partial charge in [0.05, 0.1) is 19.3 Å². The molecular formula is C13H16FN3O6S. The number of carbonyl (C=O) groups is 1. The second-order valence-corrected chi connectivity index (χ2v) is 6.91. The molecule has 24 heavy (non-hydrogen) atoms. The van der Waals surface area contributed by atoms with Crippen molar-refractivity contribution in [2.75, 3.05) is 37.2 Å². The van der Waals surface area contributed by atoms with Crippen molar-refractivity contribution in [2.45, 2.75) is 6.04 Å². The van der Waals surface area contributed by atoms with E-state index in [1.165, 1.54) is 6.07 Å². The topological polar surface area (TPSA) is 117 Å². The molecule has 3 N–H and O–H groups in total. The highest BCUT2D eigenvalue weighted by Gasteiger charge is 2.38. The van der Waals surface area contributed by atoms with Gasteiger partial charge in [-0.05, 0) is 12.1 Å². The van der Waals surface area contributed by atoms with Crippen LogP contribution in [-0.4, -0.2) is 58.4 Å². The number of amides is 1. The van der Waals surface area contributed by atoms with E-state index >= 15 is 0 Å². The number of phenolic OH excluding ortho intramolecular Hbond substituents is 1. The number of ether oxygens (including phenoxy) is 2. The molecule has 3 rings (SSSR count). The molecule has 1 unspecified atom stereocenters. The number of morpholine rings is 1. The number of carbonyl (C=O) groups excluding carboxylic acids is 1. The first kappa shape index (κ1) is 16.7. The fraction of sp³-hybridized carbons (Fsp3) is 0.462. The van der Waals surface area contributed by atoms with E-state index in [0.717, 1.165) is 6.07 Å². The average molecular weight is 361 g/mol. The van der Waals surface area contributed by atoms with Gasteiger partial charge >= 0.3 is 10.2 Å². The number of nitrogens with zero attached hydrogens (tertiary/aromatic N) is 1. The molecule has 1 atom stereocenters. The van der Waals surface area contributed by atoms with Crippen molar-refractivity contribution in [3.8, 4) is 11.5 Å². The maximum Gasteiger partial charge on any atom is 0.326 e. The van der Waals surface area contributed by atoms with E-state index in [0.29, 0.717) is 24.1 Å². The van der Waals surface area contributed by atoms with Gasteiger partial charge in [0.15, 0.2) is 11.6 Å². The van der Waals surface area contributed by atoms with Crippen molar-refractivity contribution in [3.63, 3.8) is 0 Å². The molecule has 0 radical (unpaired) electrons.